The van der Waals surface area contributed by atoms with Crippen molar-refractivity contribution in [3.05, 3.63) is 74.9 Å². The molecule has 32 heavy (non-hydrogen) atoms. The van der Waals surface area contributed by atoms with E-state index in [0.717, 1.165) is 19.6 Å². The molecule has 0 saturated heterocycles. The Morgan fingerprint density at radius 2 is 1.84 bits per heavy atom. The molecule has 170 valence electrons. The van der Waals surface area contributed by atoms with E-state index in [1.807, 2.05) is 0 Å². The van der Waals surface area contributed by atoms with Gasteiger partial charge in [-0.25, -0.2) is 0 Å². The van der Waals surface area contributed by atoms with E-state index >= 15 is 0 Å². The Morgan fingerprint density at radius 1 is 1.19 bits per heavy atom. The number of Topliss-reactive ketones (excluding diaryl/α,β-unsaturated/α-hetero) is 1. The van der Waals surface area contributed by atoms with Gasteiger partial charge in [0.25, 0.3) is 11.6 Å². The van der Waals surface area contributed by atoms with Crippen molar-refractivity contribution in [3.8, 4) is 0 Å². The zero-order chi connectivity index (χ0) is 23.4. The van der Waals surface area contributed by atoms with Crippen molar-refractivity contribution in [3.63, 3.8) is 0 Å². The van der Waals surface area contributed by atoms with Gasteiger partial charge in [-0.05, 0) is 62.8 Å². The molecule has 1 aliphatic rings. The number of rotatable bonds is 10. The summed E-state index contributed by atoms with van der Waals surface area (Å²) in [6.07, 6.45) is 0.644. The predicted molar refractivity (Wildman–Crippen MR) is 117 cm³/mol. The number of ketones is 1. The topological polar surface area (TPSA) is 117 Å². The third-order valence-corrected chi connectivity index (χ3v) is 5.70. The van der Waals surface area contributed by atoms with E-state index in [9.17, 15) is 24.8 Å². The maximum atomic E-state index is 13.2. The van der Waals surface area contributed by atoms with Crippen molar-refractivity contribution in [2.75, 3.05) is 26.2 Å². The fourth-order valence-corrected chi connectivity index (χ4v) is 3.93. The highest BCUT2D eigenvalue weighted by molar-refractivity contribution is 6.15. The van der Waals surface area contributed by atoms with Gasteiger partial charge in [-0.2, -0.15) is 0 Å². The lowest BCUT2D eigenvalue weighted by molar-refractivity contribution is -0.384. The van der Waals surface area contributed by atoms with E-state index < -0.39 is 28.4 Å². The standard InChI is InChI=1S/C23H27N3O6/c1-4-24(5-2)13-6-14-25-20(16-8-10-17(11-9-16)26(30)31)19(22(28)23(25)29)21(27)18-12-7-15(3)32-18/h7-12,20,28H,4-6,13-14H2,1-3H3. The molecule has 2 heterocycles. The molecule has 9 heteroatoms. The number of hydrogen-bond acceptors (Lipinski definition) is 7. The molecule has 1 aromatic carbocycles. The van der Waals surface area contributed by atoms with Gasteiger partial charge in [-0.15, -0.1) is 0 Å². The highest BCUT2D eigenvalue weighted by Crippen LogP contribution is 2.39. The summed E-state index contributed by atoms with van der Waals surface area (Å²) in [6.45, 7) is 8.63. The number of non-ortho nitro benzene ring substituents is 1. The number of furan rings is 1. The molecule has 0 aliphatic carbocycles. The lowest BCUT2D eigenvalue weighted by atomic mass is 9.95. The summed E-state index contributed by atoms with van der Waals surface area (Å²) in [4.78, 5) is 40.3. The van der Waals surface area contributed by atoms with Crippen molar-refractivity contribution in [2.45, 2.75) is 33.2 Å². The Labute approximate surface area is 186 Å². The molecular formula is C23H27N3O6. The largest absolute Gasteiger partial charge is 0.503 e. The number of aliphatic hydroxyl groups excluding tert-OH is 1. The van der Waals surface area contributed by atoms with Gasteiger partial charge in [0.05, 0.1) is 16.5 Å². The Hall–Kier alpha value is -3.46. The van der Waals surface area contributed by atoms with Crippen molar-refractivity contribution in [1.29, 1.82) is 0 Å². The first-order chi connectivity index (χ1) is 15.3. The predicted octanol–water partition coefficient (Wildman–Crippen LogP) is 3.81. The third-order valence-electron chi connectivity index (χ3n) is 5.70. The fraction of sp³-hybridized carbons (Fsp3) is 0.391. The Bertz CT molecular complexity index is 1040. The second-order valence-electron chi connectivity index (χ2n) is 7.63. The van der Waals surface area contributed by atoms with Crippen molar-refractivity contribution in [1.82, 2.24) is 9.80 Å². The third kappa shape index (κ3) is 4.57. The zero-order valence-corrected chi connectivity index (χ0v) is 18.4. The van der Waals surface area contributed by atoms with Gasteiger partial charge < -0.3 is 19.3 Å². The number of carbonyl (C=O) groups is 2. The highest BCUT2D eigenvalue weighted by Gasteiger charge is 2.44. The van der Waals surface area contributed by atoms with Crippen LogP contribution in [0, 0.1) is 17.0 Å². The number of aryl methyl sites for hydroxylation is 1. The summed E-state index contributed by atoms with van der Waals surface area (Å²) in [5.74, 6) is -1.29. The maximum absolute atomic E-state index is 13.2. The smallest absolute Gasteiger partial charge is 0.290 e. The van der Waals surface area contributed by atoms with Crippen LogP contribution in [0.4, 0.5) is 5.69 Å². The SMILES string of the molecule is CCN(CC)CCCN1C(=O)C(O)=C(C(=O)c2ccc(C)o2)C1c1ccc([N+](=O)[O-])cc1. The Balaban J connectivity index is 1.97. The van der Waals surface area contributed by atoms with Crippen LogP contribution in [0.2, 0.25) is 0 Å². The highest BCUT2D eigenvalue weighted by atomic mass is 16.6. The molecule has 3 rings (SSSR count). The van der Waals surface area contributed by atoms with Gasteiger partial charge in [0.1, 0.15) is 5.76 Å². The number of nitro benzene ring substituents is 1. The number of nitro groups is 1. The van der Waals surface area contributed by atoms with Gasteiger partial charge in [0.2, 0.25) is 5.78 Å². The van der Waals surface area contributed by atoms with Crippen LogP contribution >= 0.6 is 0 Å². The summed E-state index contributed by atoms with van der Waals surface area (Å²) < 4.78 is 5.43. The molecule has 0 saturated carbocycles. The number of aliphatic hydroxyl groups is 1. The van der Waals surface area contributed by atoms with Gasteiger partial charge in [-0.3, -0.25) is 19.7 Å². The minimum Gasteiger partial charge on any atom is -0.503 e. The van der Waals surface area contributed by atoms with Gasteiger partial charge in [-0.1, -0.05) is 13.8 Å². The second kappa shape index (κ2) is 9.78. The number of nitrogens with zero attached hydrogens (tertiary/aromatic N) is 3. The molecule has 1 atom stereocenters. The number of benzene rings is 1. The first kappa shape index (κ1) is 23.2. The number of amides is 1. The van der Waals surface area contributed by atoms with Crippen LogP contribution in [0.15, 0.2) is 52.1 Å². The van der Waals surface area contributed by atoms with Gasteiger partial charge in [0.15, 0.2) is 11.5 Å². The summed E-state index contributed by atoms with van der Waals surface area (Å²) >= 11 is 0. The fourth-order valence-electron chi connectivity index (χ4n) is 3.93. The van der Waals surface area contributed by atoms with Crippen molar-refractivity contribution >= 4 is 17.4 Å². The quantitative estimate of drug-likeness (QED) is 0.338. The lowest BCUT2D eigenvalue weighted by Crippen LogP contribution is -2.34. The van der Waals surface area contributed by atoms with Crippen LogP contribution in [-0.4, -0.2) is 57.7 Å². The molecule has 1 unspecified atom stereocenters. The van der Waals surface area contributed by atoms with Crippen LogP contribution in [0.1, 0.15) is 48.2 Å². The first-order valence-electron chi connectivity index (χ1n) is 10.6. The molecule has 9 nitrogen and oxygen atoms in total. The molecule has 1 aliphatic heterocycles. The lowest BCUT2D eigenvalue weighted by Gasteiger charge is -2.28. The molecule has 2 aromatic rings. The zero-order valence-electron chi connectivity index (χ0n) is 18.4. The minimum atomic E-state index is -0.863. The van der Waals surface area contributed by atoms with E-state index in [-0.39, 0.29) is 17.0 Å². The van der Waals surface area contributed by atoms with E-state index in [4.69, 9.17) is 4.42 Å². The minimum absolute atomic E-state index is 0.0220. The van der Waals surface area contributed by atoms with E-state index in [0.29, 0.717) is 24.3 Å². The van der Waals surface area contributed by atoms with Crippen LogP contribution in [0.3, 0.4) is 0 Å². The molecular weight excluding hydrogens is 414 g/mol. The summed E-state index contributed by atoms with van der Waals surface area (Å²) in [6, 6.07) is 7.92. The molecule has 0 spiro atoms. The molecule has 0 bridgehead atoms. The molecule has 0 fully saturated rings. The van der Waals surface area contributed by atoms with Crippen LogP contribution in [0.5, 0.6) is 0 Å². The molecule has 0 radical (unpaired) electrons. The average Bonchev–Trinajstić information content (AvgIpc) is 3.33. The van der Waals surface area contributed by atoms with Crippen LogP contribution < -0.4 is 0 Å². The molecule has 1 N–H and O–H groups in total. The summed E-state index contributed by atoms with van der Waals surface area (Å²) in [5.41, 5.74) is 0.317. The van der Waals surface area contributed by atoms with E-state index in [2.05, 4.69) is 18.7 Å². The van der Waals surface area contributed by atoms with Crippen LogP contribution in [0.25, 0.3) is 0 Å². The van der Waals surface area contributed by atoms with Crippen LogP contribution in [-0.2, 0) is 4.79 Å². The average molecular weight is 441 g/mol. The molecule has 1 aromatic heterocycles. The Kier molecular flexibility index (Phi) is 7.09. The van der Waals surface area contributed by atoms with E-state index in [1.165, 1.54) is 35.2 Å². The molecule has 1 amide bonds. The number of hydrogen-bond donors (Lipinski definition) is 1. The van der Waals surface area contributed by atoms with Gasteiger partial charge in [0, 0.05) is 18.7 Å². The monoisotopic (exact) mass is 441 g/mol. The second-order valence-corrected chi connectivity index (χ2v) is 7.63. The normalized spacial score (nSPS) is 16.3. The Morgan fingerprint density at radius 3 is 2.38 bits per heavy atom. The van der Waals surface area contributed by atoms with Crippen molar-refractivity contribution in [2.24, 2.45) is 0 Å². The van der Waals surface area contributed by atoms with Crippen molar-refractivity contribution < 1.29 is 24.0 Å². The summed E-state index contributed by atoms with van der Waals surface area (Å²) in [7, 11) is 0. The van der Waals surface area contributed by atoms with Gasteiger partial charge >= 0.3 is 0 Å². The van der Waals surface area contributed by atoms with E-state index in [1.54, 1.807) is 13.0 Å². The number of carbonyl (C=O) groups excluding carboxylic acids is 2. The summed E-state index contributed by atoms with van der Waals surface area (Å²) in [5, 5.41) is 21.7. The first-order valence-corrected chi connectivity index (χ1v) is 10.6. The maximum Gasteiger partial charge on any atom is 0.290 e.